The van der Waals surface area contributed by atoms with Crippen molar-refractivity contribution in [3.8, 4) is 0 Å². The fourth-order valence-electron chi connectivity index (χ4n) is 1.35. The number of hydrogen-bond donors (Lipinski definition) is 2. The largest absolute Gasteiger partial charge is 0.384 e. The van der Waals surface area contributed by atoms with Crippen LogP contribution in [-0.4, -0.2) is 9.78 Å². The molecule has 15 heavy (non-hydrogen) atoms. The van der Waals surface area contributed by atoms with Gasteiger partial charge >= 0.3 is 0 Å². The molecule has 1 aromatic carbocycles. The maximum absolute atomic E-state index is 11.0. The Kier molecular flexibility index (Phi) is 2.64. The lowest BCUT2D eigenvalue weighted by Gasteiger charge is -2.04. The van der Waals surface area contributed by atoms with E-state index in [9.17, 15) is 4.79 Å². The van der Waals surface area contributed by atoms with Crippen LogP contribution in [0.15, 0.2) is 39.6 Å². The number of nitrogens with one attached hydrogen (secondary N) is 1. The Hall–Kier alpha value is -1.49. The van der Waals surface area contributed by atoms with Crippen LogP contribution in [0.4, 0.5) is 5.82 Å². The highest BCUT2D eigenvalue weighted by molar-refractivity contribution is 9.10. The van der Waals surface area contributed by atoms with E-state index in [0.717, 1.165) is 10.0 Å². The number of nitrogens with two attached hydrogens (primary N) is 1. The SMILES string of the molecule is Nc1cc(=O)[nH]n1Cc1ccc(Br)cc1. The van der Waals surface area contributed by atoms with E-state index in [-0.39, 0.29) is 5.56 Å². The molecule has 0 aliphatic rings. The van der Waals surface area contributed by atoms with Crippen molar-refractivity contribution in [2.45, 2.75) is 6.54 Å². The summed E-state index contributed by atoms with van der Waals surface area (Å²) in [6.45, 7) is 0.571. The van der Waals surface area contributed by atoms with Gasteiger partial charge in [0.05, 0.1) is 6.54 Å². The van der Waals surface area contributed by atoms with E-state index in [0.29, 0.717) is 12.4 Å². The van der Waals surface area contributed by atoms with Crippen molar-refractivity contribution >= 4 is 21.7 Å². The van der Waals surface area contributed by atoms with E-state index in [4.69, 9.17) is 5.73 Å². The highest BCUT2D eigenvalue weighted by atomic mass is 79.9. The Morgan fingerprint density at radius 2 is 2.00 bits per heavy atom. The summed E-state index contributed by atoms with van der Waals surface area (Å²) >= 11 is 3.36. The number of H-pyrrole nitrogens is 1. The van der Waals surface area contributed by atoms with Gasteiger partial charge < -0.3 is 5.73 Å². The van der Waals surface area contributed by atoms with Crippen molar-refractivity contribution in [3.05, 3.63) is 50.7 Å². The summed E-state index contributed by atoms with van der Waals surface area (Å²) in [4.78, 5) is 11.0. The lowest BCUT2D eigenvalue weighted by atomic mass is 10.2. The van der Waals surface area contributed by atoms with Crippen LogP contribution in [0.2, 0.25) is 0 Å². The molecule has 1 heterocycles. The average Bonchev–Trinajstić information content (AvgIpc) is 2.49. The summed E-state index contributed by atoms with van der Waals surface area (Å²) in [5, 5.41) is 2.63. The monoisotopic (exact) mass is 267 g/mol. The first-order valence-corrected chi connectivity index (χ1v) is 5.24. The molecular weight excluding hydrogens is 258 g/mol. The molecule has 1 aromatic heterocycles. The van der Waals surface area contributed by atoms with Gasteiger partial charge in [0, 0.05) is 10.5 Å². The van der Waals surface area contributed by atoms with Gasteiger partial charge in [0.1, 0.15) is 5.82 Å². The summed E-state index contributed by atoms with van der Waals surface area (Å²) in [6, 6.07) is 9.22. The molecule has 4 nitrogen and oxygen atoms in total. The molecule has 0 saturated heterocycles. The minimum atomic E-state index is -0.176. The third kappa shape index (κ3) is 2.30. The van der Waals surface area contributed by atoms with Crippen LogP contribution in [0.1, 0.15) is 5.56 Å². The van der Waals surface area contributed by atoms with Crippen LogP contribution in [-0.2, 0) is 6.54 Å². The number of hydrogen-bond acceptors (Lipinski definition) is 2. The summed E-state index contributed by atoms with van der Waals surface area (Å²) in [7, 11) is 0. The molecule has 0 saturated carbocycles. The number of aromatic nitrogens is 2. The summed E-state index contributed by atoms with van der Waals surface area (Å²) in [6.07, 6.45) is 0. The highest BCUT2D eigenvalue weighted by Gasteiger charge is 2.00. The zero-order valence-electron chi connectivity index (χ0n) is 7.90. The van der Waals surface area contributed by atoms with Crippen molar-refractivity contribution in [1.29, 1.82) is 0 Å². The van der Waals surface area contributed by atoms with Gasteiger partial charge in [-0.05, 0) is 17.7 Å². The van der Waals surface area contributed by atoms with Gasteiger partial charge in [-0.3, -0.25) is 14.6 Å². The molecule has 0 bridgehead atoms. The fourth-order valence-corrected chi connectivity index (χ4v) is 1.61. The predicted molar refractivity (Wildman–Crippen MR) is 62.7 cm³/mol. The van der Waals surface area contributed by atoms with E-state index in [1.807, 2.05) is 24.3 Å². The first-order chi connectivity index (χ1) is 7.15. The first kappa shape index (κ1) is 10.0. The Morgan fingerprint density at radius 3 is 2.53 bits per heavy atom. The number of rotatable bonds is 2. The zero-order valence-corrected chi connectivity index (χ0v) is 9.49. The predicted octanol–water partition coefficient (Wildman–Crippen LogP) is 1.57. The topological polar surface area (TPSA) is 63.8 Å². The third-order valence-corrected chi connectivity index (χ3v) is 2.62. The molecule has 2 rings (SSSR count). The van der Waals surface area contributed by atoms with Crippen molar-refractivity contribution in [2.24, 2.45) is 0 Å². The Balaban J connectivity index is 2.25. The normalized spacial score (nSPS) is 10.5. The number of benzene rings is 1. The van der Waals surface area contributed by atoms with Crippen LogP contribution in [0, 0.1) is 0 Å². The number of anilines is 1. The Bertz CT molecular complexity index is 512. The third-order valence-electron chi connectivity index (χ3n) is 2.09. The lowest BCUT2D eigenvalue weighted by Crippen LogP contribution is -2.08. The maximum atomic E-state index is 11.0. The minimum absolute atomic E-state index is 0.176. The number of aromatic amines is 1. The molecule has 0 unspecified atom stereocenters. The molecule has 0 aliphatic carbocycles. The van der Waals surface area contributed by atoms with E-state index in [2.05, 4.69) is 21.0 Å². The van der Waals surface area contributed by atoms with Gasteiger partial charge in [0.25, 0.3) is 5.56 Å². The molecule has 0 amide bonds. The van der Waals surface area contributed by atoms with E-state index in [1.165, 1.54) is 6.07 Å². The standard InChI is InChI=1S/C10H10BrN3O/c11-8-3-1-7(2-4-8)6-14-9(12)5-10(15)13-14/h1-5H,6,12H2,(H,13,15). The molecule has 2 aromatic rings. The molecule has 0 atom stereocenters. The van der Waals surface area contributed by atoms with E-state index >= 15 is 0 Å². The zero-order chi connectivity index (χ0) is 10.8. The number of nitrogen functional groups attached to an aromatic ring is 1. The average molecular weight is 268 g/mol. The summed E-state index contributed by atoms with van der Waals surface area (Å²) < 4.78 is 2.64. The Morgan fingerprint density at radius 1 is 1.33 bits per heavy atom. The van der Waals surface area contributed by atoms with Gasteiger partial charge in [-0.2, -0.15) is 0 Å². The van der Waals surface area contributed by atoms with Crippen LogP contribution in [0.3, 0.4) is 0 Å². The highest BCUT2D eigenvalue weighted by Crippen LogP contribution is 2.11. The first-order valence-electron chi connectivity index (χ1n) is 4.45. The van der Waals surface area contributed by atoms with Gasteiger partial charge in [-0.25, -0.2) is 0 Å². The molecule has 0 radical (unpaired) electrons. The van der Waals surface area contributed by atoms with Gasteiger partial charge in [0.15, 0.2) is 0 Å². The van der Waals surface area contributed by atoms with Crippen LogP contribution in [0.5, 0.6) is 0 Å². The smallest absolute Gasteiger partial charge is 0.266 e. The van der Waals surface area contributed by atoms with Crippen LogP contribution >= 0.6 is 15.9 Å². The fraction of sp³-hybridized carbons (Fsp3) is 0.100. The van der Waals surface area contributed by atoms with Gasteiger partial charge in [-0.1, -0.05) is 28.1 Å². The maximum Gasteiger partial charge on any atom is 0.266 e. The van der Waals surface area contributed by atoms with Crippen molar-refractivity contribution < 1.29 is 0 Å². The number of halogens is 1. The second kappa shape index (κ2) is 3.94. The summed E-state index contributed by atoms with van der Waals surface area (Å²) in [5.74, 6) is 0.447. The molecule has 0 spiro atoms. The molecule has 0 fully saturated rings. The lowest BCUT2D eigenvalue weighted by molar-refractivity contribution is 0.689. The Labute approximate surface area is 94.8 Å². The molecule has 0 aliphatic heterocycles. The molecule has 78 valence electrons. The van der Waals surface area contributed by atoms with Crippen molar-refractivity contribution in [3.63, 3.8) is 0 Å². The molecular formula is C10H10BrN3O. The minimum Gasteiger partial charge on any atom is -0.384 e. The second-order valence-corrected chi connectivity index (χ2v) is 4.17. The van der Waals surface area contributed by atoms with Gasteiger partial charge in [0.2, 0.25) is 0 Å². The molecule has 3 N–H and O–H groups in total. The summed E-state index contributed by atoms with van der Waals surface area (Å²) in [5.41, 5.74) is 6.55. The molecule has 5 heteroatoms. The van der Waals surface area contributed by atoms with Crippen LogP contribution < -0.4 is 11.3 Å². The quantitative estimate of drug-likeness (QED) is 0.868. The van der Waals surface area contributed by atoms with E-state index < -0.39 is 0 Å². The van der Waals surface area contributed by atoms with Gasteiger partial charge in [-0.15, -0.1) is 0 Å². The van der Waals surface area contributed by atoms with E-state index in [1.54, 1.807) is 4.68 Å². The van der Waals surface area contributed by atoms with Crippen molar-refractivity contribution in [2.75, 3.05) is 5.73 Å². The van der Waals surface area contributed by atoms with Crippen LogP contribution in [0.25, 0.3) is 0 Å². The van der Waals surface area contributed by atoms with Crippen molar-refractivity contribution in [1.82, 2.24) is 9.78 Å². The number of nitrogens with zero attached hydrogens (tertiary/aromatic N) is 1. The second-order valence-electron chi connectivity index (χ2n) is 3.26.